The van der Waals surface area contributed by atoms with Gasteiger partial charge in [0.15, 0.2) is 0 Å². The van der Waals surface area contributed by atoms with Gasteiger partial charge in [-0.25, -0.2) is 15.2 Å². The summed E-state index contributed by atoms with van der Waals surface area (Å²) < 4.78 is 12.5. The number of hydrazine groups is 1. The van der Waals surface area contributed by atoms with Crippen molar-refractivity contribution >= 4 is 23.5 Å². The molecule has 0 radical (unpaired) electrons. The van der Waals surface area contributed by atoms with Crippen molar-refractivity contribution in [1.82, 2.24) is 9.99 Å². The third kappa shape index (κ3) is 4.58. The van der Waals surface area contributed by atoms with E-state index >= 15 is 0 Å². The van der Waals surface area contributed by atoms with Crippen LogP contribution in [0, 0.1) is 23.1 Å². The normalized spacial score (nSPS) is 17.7. The highest BCUT2D eigenvalue weighted by atomic mass is 19.1. The van der Waals surface area contributed by atoms with Crippen LogP contribution in [0.15, 0.2) is 41.2 Å². The van der Waals surface area contributed by atoms with E-state index in [2.05, 4.69) is 15.3 Å². The van der Waals surface area contributed by atoms with Crippen molar-refractivity contribution in [3.05, 3.63) is 53.1 Å². The van der Waals surface area contributed by atoms with E-state index in [4.69, 9.17) is 16.8 Å². The summed E-state index contributed by atoms with van der Waals surface area (Å²) in [5.41, 5.74) is 10.2. The molecule has 0 bridgehead atoms. The molecule has 0 amide bonds. The molecular weight excluding hydrogens is 369 g/mol. The van der Waals surface area contributed by atoms with E-state index < -0.39 is 0 Å². The number of nitrogens with two attached hydrogens (primary N) is 2. The number of nitriles is 1. The molecule has 0 spiro atoms. The first-order valence-electron chi connectivity index (χ1n) is 9.68. The van der Waals surface area contributed by atoms with E-state index in [1.165, 1.54) is 50.3 Å². The summed E-state index contributed by atoms with van der Waals surface area (Å²) in [5, 5.41) is 12.8. The number of aromatic amines is 1. The van der Waals surface area contributed by atoms with Crippen molar-refractivity contribution in [3.63, 3.8) is 0 Å². The Hall–Kier alpha value is -3.31. The predicted molar refractivity (Wildman–Crippen MR) is 113 cm³/mol. The molecule has 1 fully saturated rings. The quantitative estimate of drug-likeness (QED) is 0.577. The van der Waals surface area contributed by atoms with Gasteiger partial charge in [0.05, 0.1) is 16.9 Å². The SMILES string of the molecule is CNc1ccc(F)cc1C#N.N/C(=C1/c2cc[nH]c2N=CN1N)C1CCCCC1. The van der Waals surface area contributed by atoms with Crippen molar-refractivity contribution in [2.24, 2.45) is 22.5 Å². The lowest BCUT2D eigenvalue weighted by Gasteiger charge is -2.28. The molecule has 2 aromatic rings. The van der Waals surface area contributed by atoms with Gasteiger partial charge in [-0.1, -0.05) is 19.3 Å². The molecule has 1 aliphatic carbocycles. The maximum atomic E-state index is 12.5. The van der Waals surface area contributed by atoms with Crippen molar-refractivity contribution in [2.45, 2.75) is 32.1 Å². The number of benzene rings is 1. The zero-order valence-corrected chi connectivity index (χ0v) is 16.5. The maximum absolute atomic E-state index is 12.5. The highest BCUT2D eigenvalue weighted by molar-refractivity contribution is 5.86. The van der Waals surface area contributed by atoms with E-state index in [1.807, 2.05) is 18.3 Å². The van der Waals surface area contributed by atoms with Gasteiger partial charge in [-0.05, 0) is 37.1 Å². The molecule has 29 heavy (non-hydrogen) atoms. The average Bonchev–Trinajstić information content (AvgIpc) is 3.23. The number of hydrogen-bond donors (Lipinski definition) is 4. The Balaban J connectivity index is 0.000000188. The third-order valence-corrected chi connectivity index (χ3v) is 5.24. The number of hydrogen-bond acceptors (Lipinski definition) is 6. The minimum atomic E-state index is -0.388. The van der Waals surface area contributed by atoms with Crippen LogP contribution >= 0.6 is 0 Å². The largest absolute Gasteiger partial charge is 0.400 e. The number of halogens is 1. The molecule has 4 rings (SSSR count). The molecule has 1 aromatic heterocycles. The number of H-pyrrole nitrogens is 1. The molecule has 1 aliphatic heterocycles. The lowest BCUT2D eigenvalue weighted by atomic mass is 9.85. The summed E-state index contributed by atoms with van der Waals surface area (Å²) in [5.74, 6) is 6.90. The maximum Gasteiger partial charge on any atom is 0.141 e. The second-order valence-corrected chi connectivity index (χ2v) is 7.08. The highest BCUT2D eigenvalue weighted by Crippen LogP contribution is 2.36. The van der Waals surface area contributed by atoms with Crippen molar-refractivity contribution in [3.8, 4) is 6.07 Å². The minimum Gasteiger partial charge on any atom is -0.400 e. The summed E-state index contributed by atoms with van der Waals surface area (Å²) in [6, 6.07) is 7.92. The van der Waals surface area contributed by atoms with Crippen LogP contribution in [0.25, 0.3) is 5.70 Å². The fourth-order valence-corrected chi connectivity index (χ4v) is 3.71. The second-order valence-electron chi connectivity index (χ2n) is 7.08. The molecule has 8 heteroatoms. The Morgan fingerprint density at radius 3 is 2.76 bits per heavy atom. The van der Waals surface area contributed by atoms with Crippen LogP contribution in [0.3, 0.4) is 0 Å². The van der Waals surface area contributed by atoms with Gasteiger partial charge in [-0.2, -0.15) is 5.26 Å². The van der Waals surface area contributed by atoms with Gasteiger partial charge < -0.3 is 16.0 Å². The summed E-state index contributed by atoms with van der Waals surface area (Å²) in [7, 11) is 1.69. The third-order valence-electron chi connectivity index (χ3n) is 5.24. The van der Waals surface area contributed by atoms with Gasteiger partial charge >= 0.3 is 0 Å². The van der Waals surface area contributed by atoms with Gasteiger partial charge in [0, 0.05) is 30.4 Å². The molecule has 1 aromatic carbocycles. The lowest BCUT2D eigenvalue weighted by molar-refractivity contribution is 0.397. The molecule has 0 unspecified atom stereocenters. The van der Waals surface area contributed by atoms with Crippen LogP contribution in [-0.2, 0) is 0 Å². The lowest BCUT2D eigenvalue weighted by Crippen LogP contribution is -2.33. The minimum absolute atomic E-state index is 0.326. The van der Waals surface area contributed by atoms with Crippen molar-refractivity contribution in [1.29, 1.82) is 5.26 Å². The molecule has 0 atom stereocenters. The van der Waals surface area contributed by atoms with Crippen LogP contribution in [0.4, 0.5) is 15.9 Å². The Morgan fingerprint density at radius 2 is 2.07 bits per heavy atom. The number of anilines is 1. The smallest absolute Gasteiger partial charge is 0.141 e. The first kappa shape index (κ1) is 20.4. The summed E-state index contributed by atoms with van der Waals surface area (Å²) in [6.45, 7) is 0. The van der Waals surface area contributed by atoms with Crippen LogP contribution in [0.2, 0.25) is 0 Å². The summed E-state index contributed by atoms with van der Waals surface area (Å²) >= 11 is 0. The predicted octanol–water partition coefficient (Wildman–Crippen LogP) is 3.81. The Morgan fingerprint density at radius 1 is 1.31 bits per heavy atom. The number of nitrogens with one attached hydrogen (secondary N) is 2. The molecule has 2 heterocycles. The molecule has 0 saturated heterocycles. The van der Waals surface area contributed by atoms with Gasteiger partial charge in [-0.15, -0.1) is 0 Å². The van der Waals surface area contributed by atoms with Crippen LogP contribution in [0.1, 0.15) is 43.2 Å². The number of aromatic nitrogens is 1. The zero-order chi connectivity index (χ0) is 20.8. The van der Waals surface area contributed by atoms with Crippen molar-refractivity contribution in [2.75, 3.05) is 12.4 Å². The molecular formula is C21H26FN7. The standard InChI is InChI=1S/C13H19N5.C8H7FN2/c14-11(9-4-2-1-3-5-9)12-10-6-7-16-13(10)17-8-18(12)15;1-11-8-3-2-7(9)4-6(8)5-10/h6-9,16H,1-5,14-15H2;2-4,11H,1H3/b12-11-;. The molecule has 152 valence electrons. The zero-order valence-electron chi connectivity index (χ0n) is 16.5. The van der Waals surface area contributed by atoms with Gasteiger partial charge in [0.25, 0.3) is 0 Å². The first-order valence-corrected chi connectivity index (χ1v) is 9.68. The Labute approximate surface area is 169 Å². The number of nitrogens with zero attached hydrogens (tertiary/aromatic N) is 3. The van der Waals surface area contributed by atoms with Crippen molar-refractivity contribution < 1.29 is 4.39 Å². The molecule has 7 nitrogen and oxygen atoms in total. The van der Waals surface area contributed by atoms with Gasteiger partial charge in [0.2, 0.25) is 0 Å². The number of aliphatic imine (C=N–C) groups is 1. The van der Waals surface area contributed by atoms with E-state index in [-0.39, 0.29) is 5.82 Å². The molecule has 6 N–H and O–H groups in total. The molecule has 2 aliphatic rings. The number of allylic oxidation sites excluding steroid dienone is 1. The van der Waals surface area contributed by atoms with Crippen LogP contribution in [0.5, 0.6) is 0 Å². The first-order chi connectivity index (χ1) is 14.0. The molecule has 1 saturated carbocycles. The Bertz CT molecular complexity index is 948. The fraction of sp³-hybridized carbons (Fsp3) is 0.333. The summed E-state index contributed by atoms with van der Waals surface area (Å²) in [6.07, 6.45) is 9.66. The van der Waals surface area contributed by atoms with Crippen LogP contribution < -0.4 is 16.9 Å². The van der Waals surface area contributed by atoms with E-state index in [0.29, 0.717) is 17.2 Å². The fourth-order valence-electron chi connectivity index (χ4n) is 3.71. The van der Waals surface area contributed by atoms with Gasteiger partial charge in [0.1, 0.15) is 24.0 Å². The van der Waals surface area contributed by atoms with Crippen LogP contribution in [-0.4, -0.2) is 23.4 Å². The van der Waals surface area contributed by atoms with E-state index in [0.717, 1.165) is 22.8 Å². The number of fused-ring (bicyclic) bond motifs is 1. The summed E-state index contributed by atoms with van der Waals surface area (Å²) in [4.78, 5) is 7.34. The van der Waals surface area contributed by atoms with E-state index in [1.54, 1.807) is 18.4 Å². The van der Waals surface area contributed by atoms with E-state index in [9.17, 15) is 4.39 Å². The average molecular weight is 395 g/mol. The highest BCUT2D eigenvalue weighted by Gasteiger charge is 2.25. The number of rotatable bonds is 2. The van der Waals surface area contributed by atoms with Gasteiger partial charge in [-0.3, -0.25) is 5.01 Å². The second kappa shape index (κ2) is 9.26. The monoisotopic (exact) mass is 395 g/mol. The Kier molecular flexibility index (Phi) is 6.52. The topological polar surface area (TPSA) is 119 Å².